The zero-order valence-electron chi connectivity index (χ0n) is 17.6. The first kappa shape index (κ1) is 21.4. The van der Waals surface area contributed by atoms with E-state index in [0.29, 0.717) is 51.2 Å². The predicted molar refractivity (Wildman–Crippen MR) is 120 cm³/mol. The summed E-state index contributed by atoms with van der Waals surface area (Å²) in [5, 5.41) is 4.40. The second-order valence-electron chi connectivity index (χ2n) is 6.72. The monoisotopic (exact) mass is 453 g/mol. The van der Waals surface area contributed by atoms with Gasteiger partial charge < -0.3 is 19.5 Å². The van der Waals surface area contributed by atoms with E-state index in [9.17, 15) is 4.79 Å². The summed E-state index contributed by atoms with van der Waals surface area (Å²) >= 11 is 6.55. The molecule has 1 N–H and O–H groups in total. The molecule has 0 radical (unpaired) electrons. The Morgan fingerprint density at radius 2 is 1.97 bits per heavy atom. The number of aromatic nitrogens is 4. The van der Waals surface area contributed by atoms with E-state index < -0.39 is 5.97 Å². The normalized spacial score (nSPS) is 10.8. The van der Waals surface area contributed by atoms with E-state index >= 15 is 0 Å². The fraction of sp³-hybridized carbons (Fsp3) is 0.182. The summed E-state index contributed by atoms with van der Waals surface area (Å²) in [6.07, 6.45) is 6.20. The molecule has 4 aromatic rings. The van der Waals surface area contributed by atoms with Crippen molar-refractivity contribution in [2.24, 2.45) is 0 Å². The van der Waals surface area contributed by atoms with Gasteiger partial charge in [0, 0.05) is 30.6 Å². The van der Waals surface area contributed by atoms with Gasteiger partial charge in [-0.05, 0) is 18.2 Å². The van der Waals surface area contributed by atoms with E-state index in [4.69, 9.17) is 25.8 Å². The molecule has 3 aromatic heterocycles. The van der Waals surface area contributed by atoms with E-state index in [1.54, 1.807) is 37.2 Å². The number of halogens is 1. The minimum atomic E-state index is -0.479. The largest absolute Gasteiger partial charge is 0.497 e. The summed E-state index contributed by atoms with van der Waals surface area (Å²) < 4.78 is 17.2. The van der Waals surface area contributed by atoms with Crippen LogP contribution >= 0.6 is 11.6 Å². The van der Waals surface area contributed by atoms with Gasteiger partial charge in [-0.25, -0.2) is 14.8 Å². The van der Waals surface area contributed by atoms with Gasteiger partial charge in [-0.1, -0.05) is 11.6 Å². The van der Waals surface area contributed by atoms with Crippen LogP contribution in [0.1, 0.15) is 15.9 Å². The van der Waals surface area contributed by atoms with Crippen LogP contribution in [0.4, 0.5) is 5.82 Å². The molecule has 0 fully saturated rings. The van der Waals surface area contributed by atoms with Crippen molar-refractivity contribution >= 4 is 34.4 Å². The van der Waals surface area contributed by atoms with Gasteiger partial charge >= 0.3 is 5.97 Å². The maximum atomic E-state index is 11.9. The van der Waals surface area contributed by atoms with Gasteiger partial charge in [0.05, 0.1) is 49.2 Å². The number of anilines is 1. The minimum absolute atomic E-state index is 0.321. The molecule has 3 heterocycles. The Labute approximate surface area is 188 Å². The summed E-state index contributed by atoms with van der Waals surface area (Å²) in [7, 11) is 4.53. The topological polar surface area (TPSA) is 100 Å². The summed E-state index contributed by atoms with van der Waals surface area (Å²) in [5.41, 5.74) is 2.43. The standard InChI is InChI=1S/C22H20ClN5O4/c1-30-16-5-4-13(18(7-16)31-2)9-25-20-19-17(23)11-28(21(19)27-12-26-20)15-6-14(8-24-10-15)22(29)32-3/h4-8,10-12H,9H2,1-3H3,(H,25,26,27). The van der Waals surface area contributed by atoms with Gasteiger partial charge in [-0.2, -0.15) is 0 Å². The highest BCUT2D eigenvalue weighted by Crippen LogP contribution is 2.32. The van der Waals surface area contributed by atoms with Gasteiger partial charge in [-0.3, -0.25) is 9.55 Å². The van der Waals surface area contributed by atoms with Gasteiger partial charge in [0.15, 0.2) is 5.65 Å². The fourth-order valence-corrected chi connectivity index (χ4v) is 3.59. The number of nitrogens with zero attached hydrogens (tertiary/aromatic N) is 4. The van der Waals surface area contributed by atoms with Crippen molar-refractivity contribution in [3.8, 4) is 17.2 Å². The SMILES string of the molecule is COC(=O)c1cncc(-n2cc(Cl)c3c(NCc4ccc(OC)cc4OC)ncnc32)c1. The van der Waals surface area contributed by atoms with E-state index in [2.05, 4.69) is 20.3 Å². The molecule has 10 heteroatoms. The molecule has 9 nitrogen and oxygen atoms in total. The lowest BCUT2D eigenvalue weighted by molar-refractivity contribution is 0.0600. The van der Waals surface area contributed by atoms with Crippen LogP contribution in [0, 0.1) is 0 Å². The molecule has 0 aliphatic carbocycles. The number of fused-ring (bicyclic) bond motifs is 1. The van der Waals surface area contributed by atoms with Crippen molar-refractivity contribution < 1.29 is 19.0 Å². The molecule has 164 valence electrons. The number of carbonyl (C=O) groups excluding carboxylic acids is 1. The fourth-order valence-electron chi connectivity index (χ4n) is 3.31. The molecule has 4 rings (SSSR count). The Morgan fingerprint density at radius 1 is 1.12 bits per heavy atom. The number of pyridine rings is 1. The third kappa shape index (κ3) is 4.02. The highest BCUT2D eigenvalue weighted by molar-refractivity contribution is 6.36. The van der Waals surface area contributed by atoms with Crippen LogP contribution in [0.5, 0.6) is 11.5 Å². The molecule has 0 aliphatic rings. The smallest absolute Gasteiger partial charge is 0.339 e. The number of carbonyl (C=O) groups is 1. The summed E-state index contributed by atoms with van der Waals surface area (Å²) in [5.74, 6) is 1.48. The molecule has 0 bridgehead atoms. The molecule has 32 heavy (non-hydrogen) atoms. The Kier molecular flexibility index (Phi) is 6.09. The molecule has 0 aliphatic heterocycles. The molecule has 0 amide bonds. The highest BCUT2D eigenvalue weighted by Gasteiger charge is 2.17. The molecular formula is C22H20ClN5O4. The lowest BCUT2D eigenvalue weighted by Gasteiger charge is -2.12. The van der Waals surface area contributed by atoms with Crippen molar-refractivity contribution in [1.29, 1.82) is 0 Å². The van der Waals surface area contributed by atoms with E-state index in [1.165, 1.54) is 19.6 Å². The number of hydrogen-bond donors (Lipinski definition) is 1. The molecule has 1 aromatic carbocycles. The number of hydrogen-bond acceptors (Lipinski definition) is 8. The minimum Gasteiger partial charge on any atom is -0.497 e. The molecule has 0 atom stereocenters. The molecule has 0 unspecified atom stereocenters. The summed E-state index contributed by atoms with van der Waals surface area (Å²) in [6, 6.07) is 7.25. The van der Waals surface area contributed by atoms with E-state index in [0.717, 1.165) is 5.56 Å². The second kappa shape index (κ2) is 9.11. The summed E-state index contributed by atoms with van der Waals surface area (Å²) in [4.78, 5) is 24.8. The first-order valence-corrected chi connectivity index (χ1v) is 9.93. The van der Waals surface area contributed by atoms with Crippen LogP contribution in [0.15, 0.2) is 49.2 Å². The van der Waals surface area contributed by atoms with Crippen LogP contribution < -0.4 is 14.8 Å². The predicted octanol–water partition coefficient (Wildman–Crippen LogP) is 3.88. The first-order valence-electron chi connectivity index (χ1n) is 9.55. The number of nitrogens with one attached hydrogen (secondary N) is 1. The van der Waals surface area contributed by atoms with E-state index in [-0.39, 0.29) is 0 Å². The maximum absolute atomic E-state index is 11.9. The zero-order valence-corrected chi connectivity index (χ0v) is 18.4. The van der Waals surface area contributed by atoms with Crippen molar-refractivity contribution in [3.63, 3.8) is 0 Å². The quantitative estimate of drug-likeness (QED) is 0.421. The zero-order chi connectivity index (χ0) is 22.7. The Balaban J connectivity index is 1.69. The average molecular weight is 454 g/mol. The molecular weight excluding hydrogens is 434 g/mol. The van der Waals surface area contributed by atoms with Gasteiger partial charge in [0.25, 0.3) is 0 Å². The first-order chi connectivity index (χ1) is 15.5. The number of methoxy groups -OCH3 is 3. The van der Waals surface area contributed by atoms with Gasteiger partial charge in [-0.15, -0.1) is 0 Å². The molecule has 0 spiro atoms. The molecule has 0 saturated heterocycles. The molecule has 0 saturated carbocycles. The van der Waals surface area contributed by atoms with Crippen molar-refractivity contribution in [2.75, 3.05) is 26.6 Å². The third-order valence-electron chi connectivity index (χ3n) is 4.90. The van der Waals surface area contributed by atoms with Crippen molar-refractivity contribution in [1.82, 2.24) is 19.5 Å². The third-order valence-corrected chi connectivity index (χ3v) is 5.19. The second-order valence-corrected chi connectivity index (χ2v) is 7.13. The maximum Gasteiger partial charge on any atom is 0.339 e. The van der Waals surface area contributed by atoms with Crippen LogP contribution in [0.2, 0.25) is 5.02 Å². The van der Waals surface area contributed by atoms with Crippen LogP contribution in [-0.2, 0) is 11.3 Å². The lowest BCUT2D eigenvalue weighted by Crippen LogP contribution is -2.05. The highest BCUT2D eigenvalue weighted by atomic mass is 35.5. The van der Waals surface area contributed by atoms with Gasteiger partial charge in [0.2, 0.25) is 0 Å². The van der Waals surface area contributed by atoms with Crippen LogP contribution in [-0.4, -0.2) is 46.8 Å². The lowest BCUT2D eigenvalue weighted by atomic mass is 10.2. The van der Waals surface area contributed by atoms with Gasteiger partial charge in [0.1, 0.15) is 23.6 Å². The Morgan fingerprint density at radius 3 is 2.72 bits per heavy atom. The Bertz CT molecular complexity index is 1290. The van der Waals surface area contributed by atoms with Crippen molar-refractivity contribution in [2.45, 2.75) is 6.54 Å². The van der Waals surface area contributed by atoms with Crippen molar-refractivity contribution in [3.05, 3.63) is 65.3 Å². The summed E-state index contributed by atoms with van der Waals surface area (Å²) in [6.45, 7) is 0.445. The Hall–Kier alpha value is -3.85. The number of rotatable bonds is 7. The number of esters is 1. The average Bonchev–Trinajstić information content (AvgIpc) is 3.19. The van der Waals surface area contributed by atoms with E-state index in [1.807, 2.05) is 18.2 Å². The number of ether oxygens (including phenoxy) is 3. The van der Waals surface area contributed by atoms with Crippen LogP contribution in [0.25, 0.3) is 16.7 Å². The number of benzene rings is 1. The van der Waals surface area contributed by atoms with Crippen LogP contribution in [0.3, 0.4) is 0 Å².